The second-order valence-corrected chi connectivity index (χ2v) is 6.13. The third kappa shape index (κ3) is 4.59. The Labute approximate surface area is 146 Å². The van der Waals surface area contributed by atoms with Crippen LogP contribution in [0.5, 0.6) is 5.75 Å². The van der Waals surface area contributed by atoms with Gasteiger partial charge in [0.2, 0.25) is 5.91 Å². The summed E-state index contributed by atoms with van der Waals surface area (Å²) in [6.07, 6.45) is 5.06. The van der Waals surface area contributed by atoms with Crippen molar-refractivity contribution in [3.63, 3.8) is 0 Å². The molecule has 132 valence electrons. The molecule has 1 aliphatic heterocycles. The van der Waals surface area contributed by atoms with Crippen molar-refractivity contribution in [2.75, 3.05) is 18.1 Å². The van der Waals surface area contributed by atoms with Gasteiger partial charge in [-0.05, 0) is 43.7 Å². The van der Waals surface area contributed by atoms with Crippen molar-refractivity contribution in [3.8, 4) is 5.75 Å². The maximum atomic E-state index is 12.0. The van der Waals surface area contributed by atoms with Gasteiger partial charge in [0.05, 0.1) is 6.54 Å². The molecular weight excluding hydrogens is 320 g/mol. The minimum atomic E-state index is -0.182. The monoisotopic (exact) mass is 342 g/mol. The quantitative estimate of drug-likeness (QED) is 0.829. The van der Waals surface area contributed by atoms with E-state index in [2.05, 4.69) is 10.4 Å². The van der Waals surface area contributed by atoms with E-state index in [0.29, 0.717) is 18.7 Å². The van der Waals surface area contributed by atoms with Crippen LogP contribution in [0.25, 0.3) is 0 Å². The van der Waals surface area contributed by atoms with Gasteiger partial charge in [-0.3, -0.25) is 14.3 Å². The van der Waals surface area contributed by atoms with Crippen LogP contribution in [0.1, 0.15) is 19.8 Å². The number of carbonyl (C=O) groups is 2. The van der Waals surface area contributed by atoms with Crippen molar-refractivity contribution >= 4 is 17.5 Å². The Morgan fingerprint density at radius 1 is 1.36 bits per heavy atom. The van der Waals surface area contributed by atoms with E-state index >= 15 is 0 Å². The van der Waals surface area contributed by atoms with Crippen molar-refractivity contribution in [2.45, 2.75) is 32.4 Å². The Kier molecular flexibility index (Phi) is 5.33. The zero-order valence-electron chi connectivity index (χ0n) is 14.2. The molecule has 1 saturated heterocycles. The van der Waals surface area contributed by atoms with E-state index in [1.165, 1.54) is 0 Å². The maximum absolute atomic E-state index is 12.0. The summed E-state index contributed by atoms with van der Waals surface area (Å²) in [5, 5.41) is 6.98. The molecule has 7 heteroatoms. The fourth-order valence-corrected chi connectivity index (χ4v) is 2.84. The molecule has 2 amide bonds. The molecule has 1 aliphatic rings. The molecule has 0 radical (unpaired) electrons. The Morgan fingerprint density at radius 2 is 2.16 bits per heavy atom. The summed E-state index contributed by atoms with van der Waals surface area (Å²) in [5.74, 6) is 0.572. The molecule has 0 unspecified atom stereocenters. The lowest BCUT2D eigenvalue weighted by molar-refractivity contribution is -0.123. The van der Waals surface area contributed by atoms with Crippen LogP contribution in [0.2, 0.25) is 0 Å². The van der Waals surface area contributed by atoms with Crippen LogP contribution in [-0.2, 0) is 16.1 Å². The Hall–Kier alpha value is -2.83. The molecule has 3 rings (SSSR count). The highest BCUT2D eigenvalue weighted by atomic mass is 16.5. The van der Waals surface area contributed by atoms with Gasteiger partial charge in [-0.25, -0.2) is 0 Å². The maximum Gasteiger partial charge on any atom is 0.258 e. The zero-order valence-corrected chi connectivity index (χ0v) is 14.2. The van der Waals surface area contributed by atoms with Gasteiger partial charge in [0.15, 0.2) is 6.61 Å². The highest BCUT2D eigenvalue weighted by Gasteiger charge is 2.21. The lowest BCUT2D eigenvalue weighted by Crippen LogP contribution is -2.38. The van der Waals surface area contributed by atoms with Crippen LogP contribution in [-0.4, -0.2) is 40.8 Å². The van der Waals surface area contributed by atoms with Crippen molar-refractivity contribution in [3.05, 3.63) is 42.7 Å². The summed E-state index contributed by atoms with van der Waals surface area (Å²) in [6.45, 7) is 3.24. The fourth-order valence-electron chi connectivity index (χ4n) is 2.84. The summed E-state index contributed by atoms with van der Waals surface area (Å²) >= 11 is 0. The molecule has 2 aromatic rings. The van der Waals surface area contributed by atoms with Gasteiger partial charge < -0.3 is 15.0 Å². The van der Waals surface area contributed by atoms with Crippen molar-refractivity contribution in [2.24, 2.45) is 0 Å². The van der Waals surface area contributed by atoms with E-state index in [1.54, 1.807) is 27.9 Å². The van der Waals surface area contributed by atoms with Crippen LogP contribution in [0.15, 0.2) is 42.7 Å². The fraction of sp³-hybridized carbons (Fsp3) is 0.389. The summed E-state index contributed by atoms with van der Waals surface area (Å²) < 4.78 is 7.28. The second-order valence-electron chi connectivity index (χ2n) is 6.13. The van der Waals surface area contributed by atoms with Gasteiger partial charge >= 0.3 is 0 Å². The Balaban J connectivity index is 1.44. The molecule has 1 fully saturated rings. The average Bonchev–Trinajstić information content (AvgIpc) is 3.25. The molecule has 0 aliphatic carbocycles. The lowest BCUT2D eigenvalue weighted by Gasteiger charge is -2.16. The molecular formula is C18H22N4O3. The molecule has 7 nitrogen and oxygen atoms in total. The number of ether oxygens (including phenoxy) is 1. The van der Waals surface area contributed by atoms with Crippen LogP contribution >= 0.6 is 0 Å². The summed E-state index contributed by atoms with van der Waals surface area (Å²) in [5.41, 5.74) is 0.868. The lowest BCUT2D eigenvalue weighted by atomic mass is 10.3. The molecule has 1 atom stereocenters. The normalized spacial score (nSPS) is 15.2. The largest absolute Gasteiger partial charge is 0.484 e. The number of hydrogen-bond acceptors (Lipinski definition) is 4. The Bertz CT molecular complexity index is 712. The number of aromatic nitrogens is 2. The second kappa shape index (κ2) is 7.83. The average molecular weight is 342 g/mol. The zero-order chi connectivity index (χ0) is 17.6. The van der Waals surface area contributed by atoms with Gasteiger partial charge in [-0.15, -0.1) is 0 Å². The van der Waals surface area contributed by atoms with Crippen molar-refractivity contribution < 1.29 is 14.3 Å². The van der Waals surface area contributed by atoms with E-state index in [9.17, 15) is 9.59 Å². The van der Waals surface area contributed by atoms with Crippen molar-refractivity contribution in [1.29, 1.82) is 0 Å². The molecule has 2 heterocycles. The van der Waals surface area contributed by atoms with Gasteiger partial charge in [-0.1, -0.05) is 0 Å². The van der Waals surface area contributed by atoms with E-state index in [-0.39, 0.29) is 24.5 Å². The minimum Gasteiger partial charge on any atom is -0.484 e. The number of amides is 2. The predicted octanol–water partition coefficient (Wildman–Crippen LogP) is 1.59. The first-order valence-electron chi connectivity index (χ1n) is 8.42. The van der Waals surface area contributed by atoms with Crippen LogP contribution in [0.3, 0.4) is 0 Å². The molecule has 0 bridgehead atoms. The smallest absolute Gasteiger partial charge is 0.258 e. The molecule has 25 heavy (non-hydrogen) atoms. The van der Waals surface area contributed by atoms with E-state index in [0.717, 1.165) is 18.7 Å². The third-order valence-corrected chi connectivity index (χ3v) is 4.02. The highest BCUT2D eigenvalue weighted by molar-refractivity contribution is 5.95. The van der Waals surface area contributed by atoms with Crippen LogP contribution in [0, 0.1) is 0 Å². The van der Waals surface area contributed by atoms with Gasteiger partial charge in [0.25, 0.3) is 5.91 Å². The first kappa shape index (κ1) is 17.0. The van der Waals surface area contributed by atoms with E-state index in [1.807, 2.05) is 31.3 Å². The van der Waals surface area contributed by atoms with Gasteiger partial charge in [0, 0.05) is 37.1 Å². The molecule has 1 aromatic carbocycles. The van der Waals surface area contributed by atoms with Crippen LogP contribution in [0.4, 0.5) is 5.69 Å². The Morgan fingerprint density at radius 3 is 2.80 bits per heavy atom. The predicted molar refractivity (Wildman–Crippen MR) is 93.4 cm³/mol. The number of rotatable bonds is 7. The summed E-state index contributed by atoms with van der Waals surface area (Å²) in [7, 11) is 0. The summed E-state index contributed by atoms with van der Waals surface area (Å²) in [4.78, 5) is 25.5. The first-order valence-corrected chi connectivity index (χ1v) is 8.42. The summed E-state index contributed by atoms with van der Waals surface area (Å²) in [6, 6.07) is 9.05. The van der Waals surface area contributed by atoms with Gasteiger partial charge in [-0.2, -0.15) is 5.10 Å². The molecule has 1 aromatic heterocycles. The SMILES string of the molecule is C[C@@H](Cn1cccn1)NC(=O)COc1ccc(N2CCCC2=O)cc1. The molecule has 1 N–H and O–H groups in total. The van der Waals surface area contributed by atoms with E-state index < -0.39 is 0 Å². The number of hydrogen-bond donors (Lipinski definition) is 1. The van der Waals surface area contributed by atoms with Crippen molar-refractivity contribution in [1.82, 2.24) is 15.1 Å². The number of nitrogens with zero attached hydrogens (tertiary/aromatic N) is 3. The number of benzene rings is 1. The molecule has 0 spiro atoms. The molecule has 0 saturated carbocycles. The number of anilines is 1. The van der Waals surface area contributed by atoms with Gasteiger partial charge in [0.1, 0.15) is 5.75 Å². The number of nitrogens with one attached hydrogen (secondary N) is 1. The van der Waals surface area contributed by atoms with Crippen LogP contribution < -0.4 is 15.0 Å². The van der Waals surface area contributed by atoms with E-state index in [4.69, 9.17) is 4.74 Å². The third-order valence-electron chi connectivity index (χ3n) is 4.02. The first-order chi connectivity index (χ1) is 12.1. The standard InChI is InChI=1S/C18H22N4O3/c1-14(12-21-10-3-9-19-21)20-17(23)13-25-16-7-5-15(6-8-16)22-11-2-4-18(22)24/h3,5-10,14H,2,4,11-13H2,1H3,(H,20,23)/t14-/m0/s1. The number of carbonyl (C=O) groups excluding carboxylic acids is 2. The topological polar surface area (TPSA) is 76.5 Å². The highest BCUT2D eigenvalue weighted by Crippen LogP contribution is 2.23. The minimum absolute atomic E-state index is 0.0421.